The van der Waals surface area contributed by atoms with Crippen molar-refractivity contribution >= 4 is 5.97 Å². The van der Waals surface area contributed by atoms with Crippen molar-refractivity contribution in [2.75, 3.05) is 0 Å². The monoisotopic (exact) mass is 230 g/mol. The third-order valence-corrected chi connectivity index (χ3v) is 2.86. The number of aliphatic carboxylic acids is 1. The molecule has 17 heavy (non-hydrogen) atoms. The molecule has 2 rings (SSSR count). The Labute approximate surface area is 99.3 Å². The van der Waals surface area contributed by atoms with Gasteiger partial charge < -0.3 is 5.11 Å². The van der Waals surface area contributed by atoms with E-state index in [-0.39, 0.29) is 6.42 Å². The summed E-state index contributed by atoms with van der Waals surface area (Å²) in [7, 11) is 0. The summed E-state index contributed by atoms with van der Waals surface area (Å²) in [5.74, 6) is -0.862. The summed E-state index contributed by atoms with van der Waals surface area (Å²) in [5, 5.41) is 15.5. The molecule has 0 aliphatic heterocycles. The fraction of sp³-hybridized carbons (Fsp3) is 0.231. The lowest BCUT2D eigenvalue weighted by molar-refractivity contribution is -0.136. The van der Waals surface area contributed by atoms with Crippen molar-refractivity contribution < 1.29 is 9.90 Å². The summed E-state index contributed by atoms with van der Waals surface area (Å²) in [6.07, 6.45) is 1.63. The zero-order chi connectivity index (χ0) is 12.4. The normalized spacial score (nSPS) is 10.5. The molecule has 0 saturated heterocycles. The first-order chi connectivity index (χ1) is 8.08. The van der Waals surface area contributed by atoms with Crippen molar-refractivity contribution in [3.63, 3.8) is 0 Å². The second kappa shape index (κ2) is 4.41. The predicted octanol–water partition coefficient (Wildman–Crippen LogP) is 2.32. The molecule has 0 unspecified atom stereocenters. The molecule has 1 aromatic carbocycles. The molecule has 2 aromatic rings. The van der Waals surface area contributed by atoms with Crippen molar-refractivity contribution in [3.05, 3.63) is 41.2 Å². The highest BCUT2D eigenvalue weighted by Gasteiger charge is 2.11. The molecule has 1 heterocycles. The van der Waals surface area contributed by atoms with Gasteiger partial charge in [-0.1, -0.05) is 18.2 Å². The summed E-state index contributed by atoms with van der Waals surface area (Å²) in [4.78, 5) is 10.7. The number of rotatable bonds is 3. The van der Waals surface area contributed by atoms with Gasteiger partial charge in [0.1, 0.15) is 0 Å². The maximum absolute atomic E-state index is 10.7. The lowest BCUT2D eigenvalue weighted by Gasteiger charge is -2.05. The van der Waals surface area contributed by atoms with Crippen molar-refractivity contribution in [1.82, 2.24) is 10.2 Å². The van der Waals surface area contributed by atoms with Crippen LogP contribution in [0.2, 0.25) is 0 Å². The van der Waals surface area contributed by atoms with Gasteiger partial charge in [0.05, 0.1) is 18.3 Å². The van der Waals surface area contributed by atoms with Crippen molar-refractivity contribution in [3.8, 4) is 11.1 Å². The number of benzene rings is 1. The number of aryl methyl sites for hydroxylation is 2. The minimum atomic E-state index is -0.862. The van der Waals surface area contributed by atoms with Gasteiger partial charge in [0.25, 0.3) is 0 Å². The number of aromatic nitrogens is 2. The molecule has 0 fully saturated rings. The summed E-state index contributed by atoms with van der Waals surface area (Å²) in [5.41, 5.74) is 4.90. The van der Waals surface area contributed by atoms with E-state index in [0.717, 1.165) is 11.1 Å². The Morgan fingerprint density at radius 3 is 2.76 bits per heavy atom. The maximum atomic E-state index is 10.7. The zero-order valence-electron chi connectivity index (χ0n) is 9.82. The minimum absolute atomic E-state index is 0.0394. The van der Waals surface area contributed by atoms with E-state index in [0.29, 0.717) is 5.69 Å². The molecular weight excluding hydrogens is 216 g/mol. The Balaban J connectivity index is 2.42. The topological polar surface area (TPSA) is 66.0 Å². The average Bonchev–Trinajstić information content (AvgIpc) is 2.69. The number of aromatic amines is 1. The minimum Gasteiger partial charge on any atom is -0.481 e. The summed E-state index contributed by atoms with van der Waals surface area (Å²) in [6, 6.07) is 6.06. The van der Waals surface area contributed by atoms with E-state index >= 15 is 0 Å². The van der Waals surface area contributed by atoms with Gasteiger partial charge in [-0.15, -0.1) is 0 Å². The first-order valence-corrected chi connectivity index (χ1v) is 5.39. The number of carbonyl (C=O) groups is 1. The second-order valence-corrected chi connectivity index (χ2v) is 4.13. The van der Waals surface area contributed by atoms with Gasteiger partial charge in [0.2, 0.25) is 0 Å². The molecule has 0 radical (unpaired) electrons. The molecule has 0 aliphatic rings. The summed E-state index contributed by atoms with van der Waals surface area (Å²) in [6.45, 7) is 4.09. The highest BCUT2D eigenvalue weighted by molar-refractivity contribution is 5.75. The van der Waals surface area contributed by atoms with E-state index in [1.165, 1.54) is 11.1 Å². The third-order valence-electron chi connectivity index (χ3n) is 2.86. The first kappa shape index (κ1) is 11.4. The van der Waals surface area contributed by atoms with Crippen LogP contribution in [0.25, 0.3) is 11.1 Å². The summed E-state index contributed by atoms with van der Waals surface area (Å²) < 4.78 is 0. The highest BCUT2D eigenvalue weighted by Crippen LogP contribution is 2.24. The Bertz CT molecular complexity index is 558. The van der Waals surface area contributed by atoms with Crippen LogP contribution < -0.4 is 0 Å². The number of hydrogen-bond acceptors (Lipinski definition) is 2. The third kappa shape index (κ3) is 2.36. The SMILES string of the molecule is Cc1ccc(-c2cn[nH]c2CC(=O)O)cc1C. The van der Waals surface area contributed by atoms with Gasteiger partial charge in [0, 0.05) is 5.56 Å². The smallest absolute Gasteiger partial charge is 0.309 e. The van der Waals surface area contributed by atoms with E-state index in [2.05, 4.69) is 10.2 Å². The van der Waals surface area contributed by atoms with Crippen LogP contribution in [0.15, 0.2) is 24.4 Å². The second-order valence-electron chi connectivity index (χ2n) is 4.13. The van der Waals surface area contributed by atoms with Crippen LogP contribution in [0.3, 0.4) is 0 Å². The highest BCUT2D eigenvalue weighted by atomic mass is 16.4. The van der Waals surface area contributed by atoms with Crippen LogP contribution in [0.5, 0.6) is 0 Å². The van der Waals surface area contributed by atoms with Gasteiger partial charge >= 0.3 is 5.97 Å². The lowest BCUT2D eigenvalue weighted by atomic mass is 10.0. The van der Waals surface area contributed by atoms with Gasteiger partial charge in [-0.2, -0.15) is 5.10 Å². The van der Waals surface area contributed by atoms with Crippen molar-refractivity contribution in [1.29, 1.82) is 0 Å². The quantitative estimate of drug-likeness (QED) is 0.850. The molecule has 0 saturated carbocycles. The number of carboxylic acids is 1. The van der Waals surface area contributed by atoms with Gasteiger partial charge in [-0.3, -0.25) is 9.89 Å². The fourth-order valence-electron chi connectivity index (χ4n) is 1.76. The number of hydrogen-bond donors (Lipinski definition) is 2. The van der Waals surface area contributed by atoms with E-state index in [9.17, 15) is 4.79 Å². The molecule has 0 atom stereocenters. The molecule has 4 nitrogen and oxygen atoms in total. The maximum Gasteiger partial charge on any atom is 0.309 e. The first-order valence-electron chi connectivity index (χ1n) is 5.39. The summed E-state index contributed by atoms with van der Waals surface area (Å²) >= 11 is 0. The number of nitrogens with one attached hydrogen (secondary N) is 1. The van der Waals surface area contributed by atoms with Crippen LogP contribution in [-0.4, -0.2) is 21.3 Å². The van der Waals surface area contributed by atoms with E-state index in [1.54, 1.807) is 6.20 Å². The van der Waals surface area contributed by atoms with E-state index < -0.39 is 5.97 Å². The molecule has 1 aromatic heterocycles. The Hall–Kier alpha value is -2.10. The van der Waals surface area contributed by atoms with Crippen molar-refractivity contribution in [2.45, 2.75) is 20.3 Å². The standard InChI is InChI=1S/C13H14N2O2/c1-8-3-4-10(5-9(8)2)11-7-14-15-12(11)6-13(16)17/h3-5,7H,6H2,1-2H3,(H,14,15)(H,16,17). The molecule has 0 aliphatic carbocycles. The fourth-order valence-corrected chi connectivity index (χ4v) is 1.76. The molecule has 0 amide bonds. The predicted molar refractivity (Wildman–Crippen MR) is 64.8 cm³/mol. The Morgan fingerprint density at radius 2 is 2.12 bits per heavy atom. The molecule has 0 spiro atoms. The lowest BCUT2D eigenvalue weighted by Crippen LogP contribution is -2.01. The molecule has 4 heteroatoms. The van der Waals surface area contributed by atoms with Gasteiger partial charge in [-0.05, 0) is 30.5 Å². The van der Waals surface area contributed by atoms with E-state index in [4.69, 9.17) is 5.11 Å². The zero-order valence-corrected chi connectivity index (χ0v) is 9.82. The van der Waals surface area contributed by atoms with Crippen LogP contribution in [0.4, 0.5) is 0 Å². The van der Waals surface area contributed by atoms with Crippen LogP contribution in [0.1, 0.15) is 16.8 Å². The van der Waals surface area contributed by atoms with Crippen LogP contribution in [-0.2, 0) is 11.2 Å². The number of nitrogens with zero attached hydrogens (tertiary/aromatic N) is 1. The average molecular weight is 230 g/mol. The number of H-pyrrole nitrogens is 1. The Kier molecular flexibility index (Phi) is 2.95. The van der Waals surface area contributed by atoms with Gasteiger partial charge in [0.15, 0.2) is 0 Å². The van der Waals surface area contributed by atoms with Gasteiger partial charge in [-0.25, -0.2) is 0 Å². The Morgan fingerprint density at radius 1 is 1.35 bits per heavy atom. The van der Waals surface area contributed by atoms with Crippen LogP contribution >= 0.6 is 0 Å². The van der Waals surface area contributed by atoms with E-state index in [1.807, 2.05) is 32.0 Å². The molecule has 0 bridgehead atoms. The molecule has 88 valence electrons. The largest absolute Gasteiger partial charge is 0.481 e. The number of carboxylic acid groups (broad SMARTS) is 1. The molecule has 2 N–H and O–H groups in total. The molecular formula is C13H14N2O2. The van der Waals surface area contributed by atoms with Crippen molar-refractivity contribution in [2.24, 2.45) is 0 Å². The van der Waals surface area contributed by atoms with Crippen LogP contribution in [0, 0.1) is 13.8 Å².